The molecule has 0 aliphatic carbocycles. The van der Waals surface area contributed by atoms with Crippen molar-refractivity contribution in [3.63, 3.8) is 0 Å². The first-order chi connectivity index (χ1) is 11.8. The van der Waals surface area contributed by atoms with Crippen molar-refractivity contribution >= 4 is 28.6 Å². The molecule has 0 saturated heterocycles. The van der Waals surface area contributed by atoms with E-state index in [0.29, 0.717) is 12.5 Å². The molecular formula is C18H29N5S2. The molecule has 5 nitrogen and oxygen atoms in total. The lowest BCUT2D eigenvalue weighted by Gasteiger charge is -2.14. The number of nitrogens with one attached hydrogen (secondary N) is 2. The van der Waals surface area contributed by atoms with Crippen molar-refractivity contribution in [2.75, 3.05) is 13.6 Å². The maximum Gasteiger partial charge on any atom is 0.191 e. The zero-order chi connectivity index (χ0) is 18.4. The number of rotatable bonds is 6. The number of aliphatic imine (C=N–C) groups is 1. The summed E-state index contributed by atoms with van der Waals surface area (Å²) in [5, 5.41) is 13.2. The summed E-state index contributed by atoms with van der Waals surface area (Å²) < 4.78 is 0. The van der Waals surface area contributed by atoms with E-state index in [9.17, 15) is 0 Å². The minimum Gasteiger partial charge on any atom is -0.356 e. The van der Waals surface area contributed by atoms with Crippen LogP contribution in [0.3, 0.4) is 0 Å². The molecule has 0 aliphatic heterocycles. The van der Waals surface area contributed by atoms with Crippen molar-refractivity contribution in [2.24, 2.45) is 4.99 Å². The molecular weight excluding hydrogens is 350 g/mol. The van der Waals surface area contributed by atoms with Crippen LogP contribution in [0.15, 0.2) is 15.8 Å². The van der Waals surface area contributed by atoms with Crippen LogP contribution in [-0.4, -0.2) is 29.5 Å². The molecule has 2 rings (SSSR count). The normalized spacial score (nSPS) is 12.7. The largest absolute Gasteiger partial charge is 0.356 e. The highest BCUT2D eigenvalue weighted by Crippen LogP contribution is 2.23. The predicted molar refractivity (Wildman–Crippen MR) is 109 cm³/mol. The van der Waals surface area contributed by atoms with Crippen LogP contribution < -0.4 is 10.6 Å². The highest BCUT2D eigenvalue weighted by molar-refractivity contribution is 7.09. The van der Waals surface area contributed by atoms with Crippen molar-refractivity contribution in [3.8, 4) is 0 Å². The van der Waals surface area contributed by atoms with Gasteiger partial charge in [0.05, 0.1) is 22.9 Å². The fourth-order valence-electron chi connectivity index (χ4n) is 2.11. The van der Waals surface area contributed by atoms with E-state index in [0.717, 1.165) is 34.6 Å². The van der Waals surface area contributed by atoms with Crippen LogP contribution in [-0.2, 0) is 18.4 Å². The third-order valence-electron chi connectivity index (χ3n) is 3.74. The van der Waals surface area contributed by atoms with Gasteiger partial charge in [-0.05, 0) is 5.92 Å². The molecule has 0 atom stereocenters. The molecule has 0 fully saturated rings. The Bertz CT molecular complexity index is 694. The van der Waals surface area contributed by atoms with Gasteiger partial charge in [-0.2, -0.15) is 0 Å². The van der Waals surface area contributed by atoms with E-state index in [1.807, 2.05) is 0 Å². The lowest BCUT2D eigenvalue weighted by Crippen LogP contribution is -2.37. The molecule has 0 saturated carbocycles. The Kier molecular flexibility index (Phi) is 6.95. The monoisotopic (exact) mass is 379 g/mol. The van der Waals surface area contributed by atoms with Crippen LogP contribution in [0.2, 0.25) is 0 Å². The van der Waals surface area contributed by atoms with Gasteiger partial charge in [0, 0.05) is 36.2 Å². The van der Waals surface area contributed by atoms with Gasteiger partial charge in [0.15, 0.2) is 5.96 Å². The minimum absolute atomic E-state index is 0.113. The molecule has 2 aromatic rings. The quantitative estimate of drug-likeness (QED) is 0.590. The molecule has 2 heterocycles. The Morgan fingerprint density at radius 1 is 1.12 bits per heavy atom. The Morgan fingerprint density at radius 3 is 2.40 bits per heavy atom. The number of hydrogen-bond donors (Lipinski definition) is 2. The topological polar surface area (TPSA) is 62.2 Å². The minimum atomic E-state index is 0.113. The molecule has 2 N–H and O–H groups in total. The summed E-state index contributed by atoms with van der Waals surface area (Å²) in [6.07, 6.45) is 0.899. The molecule has 0 bridgehead atoms. The van der Waals surface area contributed by atoms with Crippen molar-refractivity contribution in [3.05, 3.63) is 32.2 Å². The van der Waals surface area contributed by atoms with E-state index in [1.54, 1.807) is 29.7 Å². The number of guanidine groups is 1. The number of thiazole rings is 2. The average Bonchev–Trinajstić information content (AvgIpc) is 3.19. The lowest BCUT2D eigenvalue weighted by atomic mass is 9.93. The van der Waals surface area contributed by atoms with Crippen molar-refractivity contribution in [1.82, 2.24) is 20.6 Å². The maximum atomic E-state index is 4.73. The second kappa shape index (κ2) is 8.76. The van der Waals surface area contributed by atoms with Gasteiger partial charge in [-0.25, -0.2) is 9.97 Å². The predicted octanol–water partition coefficient (Wildman–Crippen LogP) is 3.93. The first-order valence-corrected chi connectivity index (χ1v) is 10.4. The van der Waals surface area contributed by atoms with Gasteiger partial charge in [0.2, 0.25) is 0 Å². The fraction of sp³-hybridized carbons (Fsp3) is 0.611. The standard InChI is InChI=1S/C18H29N5S2/c1-12(2)13-10-24-16(22-13)9-21-17(19-6)20-8-7-15-23-14(11-25-15)18(3,4)5/h10-12H,7-9H2,1-6H3,(H2,19,20,21). The van der Waals surface area contributed by atoms with Crippen LogP contribution in [0.4, 0.5) is 0 Å². The smallest absolute Gasteiger partial charge is 0.191 e. The zero-order valence-electron chi connectivity index (χ0n) is 16.0. The second-order valence-corrected chi connectivity index (χ2v) is 9.19. The fourth-order valence-corrected chi connectivity index (χ4v) is 4.03. The van der Waals surface area contributed by atoms with Gasteiger partial charge in [0.1, 0.15) is 5.01 Å². The molecule has 7 heteroatoms. The average molecular weight is 380 g/mol. The van der Waals surface area contributed by atoms with Gasteiger partial charge in [0.25, 0.3) is 0 Å². The molecule has 0 unspecified atom stereocenters. The number of hydrogen-bond acceptors (Lipinski definition) is 5. The van der Waals surface area contributed by atoms with Gasteiger partial charge in [-0.1, -0.05) is 34.6 Å². The zero-order valence-corrected chi connectivity index (χ0v) is 17.6. The maximum absolute atomic E-state index is 4.73. The summed E-state index contributed by atoms with van der Waals surface area (Å²) in [6.45, 7) is 12.4. The van der Waals surface area contributed by atoms with Crippen LogP contribution in [0.5, 0.6) is 0 Å². The van der Waals surface area contributed by atoms with E-state index in [4.69, 9.17) is 4.98 Å². The molecule has 2 aromatic heterocycles. The molecule has 0 radical (unpaired) electrons. The highest BCUT2D eigenvalue weighted by atomic mass is 32.1. The van der Waals surface area contributed by atoms with Gasteiger partial charge < -0.3 is 10.6 Å². The molecule has 0 aromatic carbocycles. The van der Waals surface area contributed by atoms with E-state index < -0.39 is 0 Å². The molecule has 25 heavy (non-hydrogen) atoms. The Balaban J connectivity index is 1.77. The van der Waals surface area contributed by atoms with Gasteiger partial charge in [-0.15, -0.1) is 22.7 Å². The van der Waals surface area contributed by atoms with Gasteiger partial charge in [-0.3, -0.25) is 4.99 Å². The molecule has 138 valence electrons. The third-order valence-corrected chi connectivity index (χ3v) is 5.52. The van der Waals surface area contributed by atoms with Crippen molar-refractivity contribution < 1.29 is 0 Å². The van der Waals surface area contributed by atoms with Crippen LogP contribution in [0.25, 0.3) is 0 Å². The van der Waals surface area contributed by atoms with Gasteiger partial charge >= 0.3 is 0 Å². The second-order valence-electron chi connectivity index (χ2n) is 7.30. The summed E-state index contributed by atoms with van der Waals surface area (Å²) in [5.74, 6) is 1.27. The summed E-state index contributed by atoms with van der Waals surface area (Å²) >= 11 is 3.42. The Labute approximate surface area is 159 Å². The van der Waals surface area contributed by atoms with Crippen LogP contribution in [0, 0.1) is 0 Å². The number of nitrogens with zero attached hydrogens (tertiary/aromatic N) is 3. The summed E-state index contributed by atoms with van der Waals surface area (Å²) in [7, 11) is 1.79. The third kappa shape index (κ3) is 6.08. The lowest BCUT2D eigenvalue weighted by molar-refractivity contribution is 0.570. The van der Waals surface area contributed by atoms with E-state index >= 15 is 0 Å². The first-order valence-electron chi connectivity index (χ1n) is 8.63. The summed E-state index contributed by atoms with van der Waals surface area (Å²) in [5.41, 5.74) is 2.44. The van der Waals surface area contributed by atoms with Crippen LogP contribution >= 0.6 is 22.7 Å². The first kappa shape index (κ1) is 19.8. The Morgan fingerprint density at radius 2 is 1.84 bits per heavy atom. The van der Waals surface area contributed by atoms with E-state index in [1.165, 1.54) is 5.69 Å². The highest BCUT2D eigenvalue weighted by Gasteiger charge is 2.17. The van der Waals surface area contributed by atoms with Crippen molar-refractivity contribution in [2.45, 2.75) is 58.9 Å². The van der Waals surface area contributed by atoms with E-state index in [2.05, 4.69) is 66.0 Å². The number of aromatic nitrogens is 2. The van der Waals surface area contributed by atoms with E-state index in [-0.39, 0.29) is 5.41 Å². The molecule has 0 spiro atoms. The summed E-state index contributed by atoms with van der Waals surface area (Å²) in [6, 6.07) is 0. The van der Waals surface area contributed by atoms with Crippen molar-refractivity contribution in [1.29, 1.82) is 0 Å². The molecule has 0 amide bonds. The van der Waals surface area contributed by atoms with Crippen LogP contribution in [0.1, 0.15) is 61.9 Å². The Hall–Kier alpha value is -1.47. The molecule has 0 aliphatic rings. The SMILES string of the molecule is CN=C(NCCc1nc(C(C)(C)C)cs1)NCc1nc(C(C)C)cs1. The summed E-state index contributed by atoms with van der Waals surface area (Å²) in [4.78, 5) is 13.6.